The van der Waals surface area contributed by atoms with Gasteiger partial charge in [0.25, 0.3) is 0 Å². The van der Waals surface area contributed by atoms with Gasteiger partial charge in [0.15, 0.2) is 0 Å². The fraction of sp³-hybridized carbons (Fsp3) is 0.194. The number of ether oxygens (including phenoxy) is 1. The van der Waals surface area contributed by atoms with Gasteiger partial charge < -0.3 is 9.84 Å². The molecule has 0 radical (unpaired) electrons. The Labute approximate surface area is 265 Å². The number of nitrogens with zero attached hydrogens (tertiary/aromatic N) is 3. The summed E-state index contributed by atoms with van der Waals surface area (Å²) in [7, 11) is 0. The van der Waals surface area contributed by atoms with Gasteiger partial charge in [0.1, 0.15) is 16.4 Å². The average Bonchev–Trinajstić information content (AvgIpc) is 3.61. The number of aliphatic carboxylic acids is 1. The quantitative estimate of drug-likeness (QED) is 0.183. The fourth-order valence-corrected chi connectivity index (χ4v) is 6.63. The third kappa shape index (κ3) is 6.39. The van der Waals surface area contributed by atoms with Crippen molar-refractivity contribution in [2.24, 2.45) is 0 Å². The molecule has 1 N–H and O–H groups in total. The Hall–Kier alpha value is -4.46. The Balaban J connectivity index is 1.45. The summed E-state index contributed by atoms with van der Waals surface area (Å²) < 4.78 is 9.21. The van der Waals surface area contributed by atoms with Gasteiger partial charge in [-0.2, -0.15) is 5.10 Å². The second kappa shape index (κ2) is 11.9. The Morgan fingerprint density at radius 3 is 2.50 bits per heavy atom. The predicted octanol–water partition coefficient (Wildman–Crippen LogP) is 9.31. The number of hydrogen-bond acceptors (Lipinski definition) is 5. The van der Waals surface area contributed by atoms with E-state index in [1.807, 2.05) is 81.0 Å². The second-order valence-corrected chi connectivity index (χ2v) is 13.3. The van der Waals surface area contributed by atoms with E-state index in [9.17, 15) is 9.90 Å². The van der Waals surface area contributed by atoms with Crippen molar-refractivity contribution < 1.29 is 14.6 Å². The van der Waals surface area contributed by atoms with E-state index < -0.39 is 11.6 Å². The summed E-state index contributed by atoms with van der Waals surface area (Å²) in [6.07, 6.45) is 3.82. The molecule has 4 aromatic carbocycles. The lowest BCUT2D eigenvalue weighted by Gasteiger charge is -2.24. The lowest BCUT2D eigenvalue weighted by atomic mass is 9.92. The number of carboxylic acids is 1. The lowest BCUT2D eigenvalue weighted by Crippen LogP contribution is -2.23. The molecule has 0 aliphatic carbocycles. The number of thiazole rings is 1. The highest BCUT2D eigenvalue weighted by Crippen LogP contribution is 2.45. The van der Waals surface area contributed by atoms with Gasteiger partial charge in [-0.3, -0.25) is 9.48 Å². The first-order chi connectivity index (χ1) is 21.0. The molecular weight excluding hydrogens is 590 g/mol. The van der Waals surface area contributed by atoms with Gasteiger partial charge in [0.2, 0.25) is 0 Å². The van der Waals surface area contributed by atoms with Crippen molar-refractivity contribution >= 4 is 39.1 Å². The Morgan fingerprint density at radius 1 is 0.977 bits per heavy atom. The lowest BCUT2D eigenvalue weighted by molar-refractivity contribution is -0.136. The highest BCUT2D eigenvalue weighted by molar-refractivity contribution is 7.22. The minimum absolute atomic E-state index is 0.121. The number of carboxylic acid groups (broad SMARTS) is 1. The standard InChI is InChI=1S/C36H32ClN3O3S/c1-22-15-30-34(33(29(22)18-32(41)42)28-14-13-27(37)17-31(28)43-36(2,3)4)44-35(39-30)25-12-8-11-24(16-25)26-19-38-40(21-26)20-23-9-6-5-7-10-23/h5-17,19,21H,18,20H2,1-4H3,(H,41,42). The molecule has 0 aliphatic heterocycles. The van der Waals surface area contributed by atoms with Gasteiger partial charge in [0.05, 0.1) is 29.4 Å². The van der Waals surface area contributed by atoms with E-state index in [2.05, 4.69) is 41.6 Å². The molecule has 0 spiro atoms. The predicted molar refractivity (Wildman–Crippen MR) is 179 cm³/mol. The van der Waals surface area contributed by atoms with Crippen LogP contribution in [0.3, 0.4) is 0 Å². The third-order valence-electron chi connectivity index (χ3n) is 7.23. The van der Waals surface area contributed by atoms with E-state index in [1.54, 1.807) is 17.4 Å². The van der Waals surface area contributed by atoms with Crippen LogP contribution < -0.4 is 4.74 Å². The van der Waals surface area contributed by atoms with Crippen LogP contribution in [0.5, 0.6) is 5.75 Å². The molecular formula is C36H32ClN3O3S. The summed E-state index contributed by atoms with van der Waals surface area (Å²) in [6.45, 7) is 8.57. The van der Waals surface area contributed by atoms with E-state index in [1.165, 1.54) is 5.56 Å². The number of fused-ring (bicyclic) bond motifs is 1. The van der Waals surface area contributed by atoms with Crippen molar-refractivity contribution in [2.45, 2.75) is 46.3 Å². The van der Waals surface area contributed by atoms with Crippen molar-refractivity contribution in [2.75, 3.05) is 0 Å². The average molecular weight is 622 g/mol. The van der Waals surface area contributed by atoms with E-state index in [0.29, 0.717) is 17.3 Å². The topological polar surface area (TPSA) is 77.2 Å². The van der Waals surface area contributed by atoms with Crippen LogP contribution in [-0.2, 0) is 17.8 Å². The summed E-state index contributed by atoms with van der Waals surface area (Å²) in [5.41, 5.74) is 7.78. The van der Waals surface area contributed by atoms with Gasteiger partial charge in [-0.1, -0.05) is 60.1 Å². The zero-order valence-electron chi connectivity index (χ0n) is 25.0. The molecule has 222 valence electrons. The van der Waals surface area contributed by atoms with Gasteiger partial charge in [-0.25, -0.2) is 4.98 Å². The van der Waals surface area contributed by atoms with Gasteiger partial charge in [-0.05, 0) is 80.3 Å². The number of hydrogen-bond donors (Lipinski definition) is 1. The van der Waals surface area contributed by atoms with Crippen molar-refractivity contribution in [1.82, 2.24) is 14.8 Å². The van der Waals surface area contributed by atoms with E-state index >= 15 is 0 Å². The molecule has 6 nitrogen and oxygen atoms in total. The maximum Gasteiger partial charge on any atom is 0.307 e. The molecule has 0 saturated carbocycles. The van der Waals surface area contributed by atoms with Crippen molar-refractivity contribution in [1.29, 1.82) is 0 Å². The molecule has 0 bridgehead atoms. The molecule has 0 amide bonds. The largest absolute Gasteiger partial charge is 0.487 e. The summed E-state index contributed by atoms with van der Waals surface area (Å²) in [5, 5.41) is 15.8. The first-order valence-corrected chi connectivity index (χ1v) is 15.5. The zero-order valence-corrected chi connectivity index (χ0v) is 26.5. The molecule has 0 atom stereocenters. The van der Waals surface area contributed by atoms with Gasteiger partial charge >= 0.3 is 5.97 Å². The second-order valence-electron chi connectivity index (χ2n) is 11.8. The molecule has 8 heteroatoms. The summed E-state index contributed by atoms with van der Waals surface area (Å²) >= 11 is 7.96. The Kier molecular flexibility index (Phi) is 8.01. The molecule has 2 heterocycles. The molecule has 44 heavy (non-hydrogen) atoms. The molecule has 0 saturated heterocycles. The minimum Gasteiger partial charge on any atom is -0.487 e. The molecule has 6 aromatic rings. The molecule has 0 fully saturated rings. The third-order valence-corrected chi connectivity index (χ3v) is 8.60. The van der Waals surface area contributed by atoms with Crippen LogP contribution in [0.4, 0.5) is 0 Å². The number of carbonyl (C=O) groups is 1. The van der Waals surface area contributed by atoms with Gasteiger partial charge in [0, 0.05) is 33.5 Å². The first-order valence-electron chi connectivity index (χ1n) is 14.3. The first kappa shape index (κ1) is 29.6. The minimum atomic E-state index is -0.897. The summed E-state index contributed by atoms with van der Waals surface area (Å²) in [6, 6.07) is 26.0. The SMILES string of the molecule is Cc1cc2nc(-c3cccc(-c4cnn(Cc5ccccc5)c4)c3)sc2c(-c2ccc(Cl)cc2OC(C)(C)C)c1CC(=O)O. The molecule has 0 unspecified atom stereocenters. The highest BCUT2D eigenvalue weighted by atomic mass is 35.5. The Morgan fingerprint density at radius 2 is 1.75 bits per heavy atom. The van der Waals surface area contributed by atoms with E-state index in [4.69, 9.17) is 21.3 Å². The Bertz CT molecular complexity index is 1990. The van der Waals surface area contributed by atoms with Crippen LogP contribution in [0.25, 0.3) is 43.0 Å². The monoisotopic (exact) mass is 621 g/mol. The molecule has 2 aromatic heterocycles. The van der Waals surface area contributed by atoms with E-state index in [-0.39, 0.29) is 6.42 Å². The fourth-order valence-electron chi connectivity index (χ4n) is 5.34. The smallest absolute Gasteiger partial charge is 0.307 e. The number of benzene rings is 4. The van der Waals surface area contributed by atoms with Crippen LogP contribution >= 0.6 is 22.9 Å². The van der Waals surface area contributed by atoms with Gasteiger partial charge in [-0.15, -0.1) is 11.3 Å². The van der Waals surface area contributed by atoms with Crippen LogP contribution in [0.15, 0.2) is 91.3 Å². The highest BCUT2D eigenvalue weighted by Gasteiger charge is 2.24. The molecule has 6 rings (SSSR count). The number of halogens is 1. The van der Waals surface area contributed by atoms with Crippen molar-refractivity contribution in [3.63, 3.8) is 0 Å². The number of aromatic nitrogens is 3. The maximum absolute atomic E-state index is 12.0. The van der Waals surface area contributed by atoms with Crippen LogP contribution in [0, 0.1) is 6.92 Å². The van der Waals surface area contributed by atoms with Crippen LogP contribution in [0.1, 0.15) is 37.5 Å². The summed E-state index contributed by atoms with van der Waals surface area (Å²) in [4.78, 5) is 17.1. The number of rotatable bonds is 8. The maximum atomic E-state index is 12.0. The van der Waals surface area contributed by atoms with E-state index in [0.717, 1.165) is 54.2 Å². The molecule has 0 aliphatic rings. The van der Waals surface area contributed by atoms with Crippen molar-refractivity contribution in [3.05, 3.63) is 113 Å². The summed E-state index contributed by atoms with van der Waals surface area (Å²) in [5.74, 6) is -0.292. The number of aryl methyl sites for hydroxylation is 1. The van der Waals surface area contributed by atoms with Crippen LogP contribution in [0.2, 0.25) is 5.02 Å². The zero-order chi connectivity index (χ0) is 31.0. The van der Waals surface area contributed by atoms with Crippen LogP contribution in [-0.4, -0.2) is 31.4 Å². The van der Waals surface area contributed by atoms with Crippen molar-refractivity contribution in [3.8, 4) is 38.6 Å². The normalized spacial score (nSPS) is 11.7.